The number of halogens is 1. The van der Waals surface area contributed by atoms with Crippen LogP contribution in [0.2, 0.25) is 5.02 Å². The third-order valence-corrected chi connectivity index (χ3v) is 4.93. The van der Waals surface area contributed by atoms with E-state index in [0.717, 1.165) is 5.56 Å². The largest absolute Gasteiger partial charge is 0.497 e. The number of hydrazone groups is 1. The first-order valence-electron chi connectivity index (χ1n) is 9.65. The summed E-state index contributed by atoms with van der Waals surface area (Å²) in [6.45, 7) is 0.309. The fraction of sp³-hybridized carbons (Fsp3) is 0.167. The van der Waals surface area contributed by atoms with Gasteiger partial charge in [-0.1, -0.05) is 29.8 Å². The van der Waals surface area contributed by atoms with Gasteiger partial charge in [-0.25, -0.2) is 5.43 Å². The smallest absolute Gasteiger partial charge is 0.275 e. The number of hydrogen-bond acceptors (Lipinski definition) is 6. The highest BCUT2D eigenvalue weighted by Gasteiger charge is 2.13. The fourth-order valence-corrected chi connectivity index (χ4v) is 3.06. The van der Waals surface area contributed by atoms with Crippen LogP contribution >= 0.6 is 11.6 Å². The van der Waals surface area contributed by atoms with Gasteiger partial charge in [-0.15, -0.1) is 0 Å². The molecule has 0 bridgehead atoms. The molecule has 0 aliphatic rings. The predicted octanol–water partition coefficient (Wildman–Crippen LogP) is 4.71. The number of carbonyl (C=O) groups is 1. The molecule has 3 rings (SSSR count). The summed E-state index contributed by atoms with van der Waals surface area (Å²) in [5.74, 6) is 1.66. The molecule has 0 aromatic heterocycles. The molecular weight excluding hydrogens is 432 g/mol. The number of carbonyl (C=O) groups excluding carboxylic acids is 1. The predicted molar refractivity (Wildman–Crippen MR) is 123 cm³/mol. The van der Waals surface area contributed by atoms with Gasteiger partial charge in [0.15, 0.2) is 11.5 Å². The molecule has 166 valence electrons. The molecule has 0 atom stereocenters. The van der Waals surface area contributed by atoms with Gasteiger partial charge in [0.05, 0.1) is 33.1 Å². The molecular formula is C24H23ClN2O5. The lowest BCUT2D eigenvalue weighted by Crippen LogP contribution is -2.18. The van der Waals surface area contributed by atoms with Gasteiger partial charge in [-0.3, -0.25) is 4.79 Å². The molecule has 0 saturated carbocycles. The Kier molecular flexibility index (Phi) is 7.94. The number of rotatable bonds is 9. The highest BCUT2D eigenvalue weighted by molar-refractivity contribution is 6.31. The highest BCUT2D eigenvalue weighted by atomic mass is 35.5. The second-order valence-corrected chi connectivity index (χ2v) is 6.96. The molecule has 7 nitrogen and oxygen atoms in total. The van der Waals surface area contributed by atoms with Crippen LogP contribution in [0.25, 0.3) is 0 Å². The van der Waals surface area contributed by atoms with Crippen LogP contribution in [0.15, 0.2) is 65.8 Å². The number of benzene rings is 3. The lowest BCUT2D eigenvalue weighted by Gasteiger charge is -2.12. The summed E-state index contributed by atoms with van der Waals surface area (Å²) in [5, 5.41) is 4.66. The highest BCUT2D eigenvalue weighted by Crippen LogP contribution is 2.29. The molecule has 0 fully saturated rings. The van der Waals surface area contributed by atoms with Gasteiger partial charge >= 0.3 is 0 Å². The molecule has 0 radical (unpaired) electrons. The molecule has 3 aromatic rings. The number of nitrogens with zero attached hydrogens (tertiary/aromatic N) is 1. The Bertz CT molecular complexity index is 1120. The van der Waals surface area contributed by atoms with Crippen LogP contribution < -0.4 is 24.4 Å². The summed E-state index contributed by atoms with van der Waals surface area (Å²) in [4.78, 5) is 12.4. The number of amides is 1. The fourth-order valence-electron chi connectivity index (χ4n) is 2.87. The number of methoxy groups -OCH3 is 3. The zero-order valence-corrected chi connectivity index (χ0v) is 18.7. The molecule has 3 aromatic carbocycles. The first-order chi connectivity index (χ1) is 15.5. The van der Waals surface area contributed by atoms with Crippen LogP contribution in [0.4, 0.5) is 0 Å². The molecule has 0 spiro atoms. The second-order valence-electron chi connectivity index (χ2n) is 6.56. The minimum absolute atomic E-state index is 0.309. The molecule has 0 saturated heterocycles. The van der Waals surface area contributed by atoms with Crippen LogP contribution in [0.5, 0.6) is 23.0 Å². The number of hydrogen-bond donors (Lipinski definition) is 1. The van der Waals surface area contributed by atoms with E-state index in [0.29, 0.717) is 45.8 Å². The van der Waals surface area contributed by atoms with Gasteiger partial charge in [0.2, 0.25) is 0 Å². The monoisotopic (exact) mass is 454 g/mol. The van der Waals surface area contributed by atoms with E-state index in [2.05, 4.69) is 10.5 Å². The van der Waals surface area contributed by atoms with Crippen molar-refractivity contribution in [3.63, 3.8) is 0 Å². The van der Waals surface area contributed by atoms with E-state index in [-0.39, 0.29) is 0 Å². The van der Waals surface area contributed by atoms with Crippen LogP contribution in [-0.4, -0.2) is 33.5 Å². The van der Waals surface area contributed by atoms with Gasteiger partial charge in [-0.05, 0) is 42.0 Å². The third kappa shape index (κ3) is 5.70. The zero-order valence-electron chi connectivity index (χ0n) is 17.9. The van der Waals surface area contributed by atoms with Crippen molar-refractivity contribution >= 4 is 23.7 Å². The summed E-state index contributed by atoms with van der Waals surface area (Å²) in [7, 11) is 4.58. The normalized spacial score (nSPS) is 10.6. The Morgan fingerprint density at radius 3 is 2.44 bits per heavy atom. The lowest BCUT2D eigenvalue weighted by molar-refractivity contribution is 0.0952. The maximum atomic E-state index is 12.4. The maximum absolute atomic E-state index is 12.4. The Morgan fingerprint density at radius 1 is 0.938 bits per heavy atom. The van der Waals surface area contributed by atoms with E-state index in [1.165, 1.54) is 13.3 Å². The van der Waals surface area contributed by atoms with Gasteiger partial charge in [0.25, 0.3) is 5.91 Å². The van der Waals surface area contributed by atoms with Crippen molar-refractivity contribution in [3.05, 3.63) is 82.4 Å². The van der Waals surface area contributed by atoms with Crippen molar-refractivity contribution in [3.8, 4) is 23.0 Å². The summed E-state index contributed by atoms with van der Waals surface area (Å²) >= 11 is 6.17. The molecule has 1 amide bonds. The standard InChI is InChI=1S/C24H23ClN2O5/c1-29-18-9-10-19(22(13-18)30-2)24(28)27-26-14-16-8-11-21(23(12-16)31-3)32-15-17-6-4-5-7-20(17)25/h4-14H,15H2,1-3H3,(H,27,28)/b26-14-. The second kappa shape index (κ2) is 11.1. The minimum atomic E-state index is -0.410. The van der Waals surface area contributed by atoms with E-state index < -0.39 is 5.91 Å². The Morgan fingerprint density at radius 2 is 1.72 bits per heavy atom. The molecule has 8 heteroatoms. The number of ether oxygens (including phenoxy) is 4. The average molecular weight is 455 g/mol. The SMILES string of the molecule is COc1ccc(C(=O)N/N=C\c2ccc(OCc3ccccc3Cl)c(OC)c2)c(OC)c1. The first kappa shape index (κ1) is 23.0. The lowest BCUT2D eigenvalue weighted by atomic mass is 10.2. The molecule has 1 N–H and O–H groups in total. The molecule has 32 heavy (non-hydrogen) atoms. The Balaban J connectivity index is 1.66. The van der Waals surface area contributed by atoms with Crippen LogP contribution in [0, 0.1) is 0 Å². The van der Waals surface area contributed by atoms with Crippen molar-refractivity contribution in [1.29, 1.82) is 0 Å². The van der Waals surface area contributed by atoms with Gasteiger partial charge < -0.3 is 18.9 Å². The van der Waals surface area contributed by atoms with E-state index in [4.69, 9.17) is 30.5 Å². The van der Waals surface area contributed by atoms with Crippen molar-refractivity contribution in [2.75, 3.05) is 21.3 Å². The summed E-state index contributed by atoms with van der Waals surface area (Å²) in [6.07, 6.45) is 1.51. The third-order valence-electron chi connectivity index (χ3n) is 4.56. The summed E-state index contributed by atoms with van der Waals surface area (Å²) in [6, 6.07) is 17.7. The molecule has 0 aliphatic heterocycles. The maximum Gasteiger partial charge on any atom is 0.275 e. The summed E-state index contributed by atoms with van der Waals surface area (Å²) in [5.41, 5.74) is 4.42. The minimum Gasteiger partial charge on any atom is -0.497 e. The van der Waals surface area contributed by atoms with E-state index >= 15 is 0 Å². The number of nitrogens with one attached hydrogen (secondary N) is 1. The van der Waals surface area contributed by atoms with E-state index in [9.17, 15) is 4.79 Å². The quantitative estimate of drug-likeness (QED) is 0.374. The van der Waals surface area contributed by atoms with Crippen molar-refractivity contribution in [2.24, 2.45) is 5.10 Å². The van der Waals surface area contributed by atoms with Crippen molar-refractivity contribution < 1.29 is 23.7 Å². The topological polar surface area (TPSA) is 78.4 Å². The van der Waals surface area contributed by atoms with E-state index in [1.54, 1.807) is 50.6 Å². The molecule has 0 unspecified atom stereocenters. The molecule has 0 aliphatic carbocycles. The first-order valence-corrected chi connectivity index (χ1v) is 10.0. The van der Waals surface area contributed by atoms with Crippen LogP contribution in [-0.2, 0) is 6.61 Å². The Hall–Kier alpha value is -3.71. The van der Waals surface area contributed by atoms with Gasteiger partial charge in [-0.2, -0.15) is 5.10 Å². The Labute approximate surface area is 191 Å². The zero-order chi connectivity index (χ0) is 22.9. The van der Waals surface area contributed by atoms with Gasteiger partial charge in [0.1, 0.15) is 18.1 Å². The summed E-state index contributed by atoms with van der Waals surface area (Å²) < 4.78 is 21.7. The molecule has 0 heterocycles. The van der Waals surface area contributed by atoms with Crippen molar-refractivity contribution in [2.45, 2.75) is 6.61 Å². The van der Waals surface area contributed by atoms with Gasteiger partial charge in [0, 0.05) is 16.7 Å². The van der Waals surface area contributed by atoms with E-state index in [1.807, 2.05) is 24.3 Å². The van der Waals surface area contributed by atoms with Crippen molar-refractivity contribution in [1.82, 2.24) is 5.43 Å². The van der Waals surface area contributed by atoms with Crippen LogP contribution in [0.1, 0.15) is 21.5 Å². The van der Waals surface area contributed by atoms with Crippen LogP contribution in [0.3, 0.4) is 0 Å². The average Bonchev–Trinajstić information content (AvgIpc) is 2.83.